The van der Waals surface area contributed by atoms with Crippen molar-refractivity contribution in [2.24, 2.45) is 0 Å². The van der Waals surface area contributed by atoms with Gasteiger partial charge in [-0.1, -0.05) is 0 Å². The van der Waals surface area contributed by atoms with E-state index in [2.05, 4.69) is 19.6 Å². The third kappa shape index (κ3) is 3.09. The monoisotopic (exact) mass is 178 g/mol. The number of aliphatic hydroxyl groups is 2. The molecule has 9 heavy (non-hydrogen) atoms. The van der Waals surface area contributed by atoms with Crippen LogP contribution < -0.4 is 0 Å². The molecule has 0 unspecified atom stereocenters. The van der Waals surface area contributed by atoms with Gasteiger partial charge in [0.2, 0.25) is 0 Å². The van der Waals surface area contributed by atoms with Crippen LogP contribution in [0.4, 0.5) is 0 Å². The fourth-order valence-electron chi connectivity index (χ4n) is 0.170. The molecule has 0 aliphatic carbocycles. The minimum Gasteiger partial charge on any atom is -0.507 e. The third-order valence-electron chi connectivity index (χ3n) is 0.368. The summed E-state index contributed by atoms with van der Waals surface area (Å²) in [6, 6.07) is 0. The van der Waals surface area contributed by atoms with Gasteiger partial charge in [-0.3, -0.25) is 0 Å². The van der Waals surface area contributed by atoms with Gasteiger partial charge < -0.3 is 29.8 Å². The van der Waals surface area contributed by atoms with Crippen molar-refractivity contribution in [3.63, 3.8) is 0 Å². The Hall–Kier alpha value is 0.279. The molecule has 0 saturated carbocycles. The zero-order chi connectivity index (χ0) is 5.98. The molecule has 0 bridgehead atoms. The molecule has 1 aliphatic heterocycles. The number of rotatable bonds is 0. The Morgan fingerprint density at radius 1 is 0.778 bits per heavy atom. The van der Waals surface area contributed by atoms with Gasteiger partial charge in [-0.15, -0.1) is 0 Å². The molecule has 1 aliphatic rings. The standard InChI is InChI=1S/C2H2O6.Fe/c3-1-5-7-2(4)8-6-1;/h3-4H;/q-2;+2. The summed E-state index contributed by atoms with van der Waals surface area (Å²) in [5.41, 5.74) is 0. The van der Waals surface area contributed by atoms with Crippen LogP contribution in [-0.2, 0) is 36.6 Å². The van der Waals surface area contributed by atoms with Gasteiger partial charge in [0.25, 0.3) is 0 Å². The quantitative estimate of drug-likeness (QED) is 0.296. The van der Waals surface area contributed by atoms with E-state index in [4.69, 9.17) is 10.2 Å². The molecule has 0 aromatic rings. The first-order valence-electron chi connectivity index (χ1n) is 1.60. The smallest absolute Gasteiger partial charge is 0.507 e. The van der Waals surface area contributed by atoms with E-state index in [9.17, 15) is 0 Å². The summed E-state index contributed by atoms with van der Waals surface area (Å²) in [4.78, 5) is 14.9. The third-order valence-corrected chi connectivity index (χ3v) is 0.368. The molecule has 2 N–H and O–H groups in total. The summed E-state index contributed by atoms with van der Waals surface area (Å²) >= 11 is 0. The Morgan fingerprint density at radius 2 is 1.00 bits per heavy atom. The van der Waals surface area contributed by atoms with E-state index in [-0.39, 0.29) is 17.1 Å². The van der Waals surface area contributed by atoms with Crippen molar-refractivity contribution < 1.29 is 46.8 Å². The molecular weight excluding hydrogens is 176 g/mol. The largest absolute Gasteiger partial charge is 2.00 e. The maximum absolute atomic E-state index is 8.12. The van der Waals surface area contributed by atoms with Crippen LogP contribution in [0.3, 0.4) is 0 Å². The number of hydrogen-bond donors (Lipinski definition) is 2. The molecule has 1 rings (SSSR count). The van der Waals surface area contributed by atoms with Crippen molar-refractivity contribution in [2.45, 2.75) is 0 Å². The van der Waals surface area contributed by atoms with Crippen molar-refractivity contribution in [3.8, 4) is 0 Å². The van der Waals surface area contributed by atoms with Gasteiger partial charge in [-0.2, -0.15) is 0 Å². The summed E-state index contributed by atoms with van der Waals surface area (Å²) in [6.45, 7) is -1.83. The van der Waals surface area contributed by atoms with Crippen molar-refractivity contribution in [3.05, 3.63) is 13.0 Å². The molecule has 0 spiro atoms. The molecule has 1 fully saturated rings. The van der Waals surface area contributed by atoms with Crippen LogP contribution in [0.5, 0.6) is 0 Å². The Morgan fingerprint density at radius 3 is 1.22 bits per heavy atom. The van der Waals surface area contributed by atoms with Gasteiger partial charge in [-0.25, -0.2) is 0 Å². The van der Waals surface area contributed by atoms with E-state index >= 15 is 0 Å². The van der Waals surface area contributed by atoms with Gasteiger partial charge >= 0.3 is 17.1 Å². The van der Waals surface area contributed by atoms with Crippen LogP contribution in [0.1, 0.15) is 0 Å². The first-order chi connectivity index (χ1) is 3.79. The van der Waals surface area contributed by atoms with Gasteiger partial charge in [0.15, 0.2) is 0 Å². The zero-order valence-electron chi connectivity index (χ0n) is 3.88. The molecule has 6 nitrogen and oxygen atoms in total. The Bertz CT molecular complexity index is 59.5. The van der Waals surface area contributed by atoms with Crippen molar-refractivity contribution in [1.29, 1.82) is 0 Å². The van der Waals surface area contributed by atoms with Crippen LogP contribution in [0.2, 0.25) is 0 Å². The van der Waals surface area contributed by atoms with Crippen molar-refractivity contribution in [1.82, 2.24) is 0 Å². The van der Waals surface area contributed by atoms with E-state index in [1.54, 1.807) is 0 Å². The molecule has 0 radical (unpaired) electrons. The zero-order valence-corrected chi connectivity index (χ0v) is 4.99. The van der Waals surface area contributed by atoms with Crippen molar-refractivity contribution in [2.75, 3.05) is 0 Å². The molecule has 0 aromatic carbocycles. The van der Waals surface area contributed by atoms with Gasteiger partial charge in [0, 0.05) is 0 Å². The van der Waals surface area contributed by atoms with Crippen LogP contribution in [-0.4, -0.2) is 10.2 Å². The molecule has 7 heteroatoms. The second kappa shape index (κ2) is 4.15. The normalized spacial score (nSPS) is 23.3. The van der Waals surface area contributed by atoms with E-state index in [1.165, 1.54) is 0 Å². The molecule has 54 valence electrons. The molecule has 1 saturated heterocycles. The maximum Gasteiger partial charge on any atom is 2.00 e. The molecule has 0 amide bonds. The summed E-state index contributed by atoms with van der Waals surface area (Å²) in [6.07, 6.45) is 0. The summed E-state index contributed by atoms with van der Waals surface area (Å²) in [5, 5.41) is 16.2. The summed E-state index contributed by atoms with van der Waals surface area (Å²) in [5.74, 6) is 0. The van der Waals surface area contributed by atoms with Gasteiger partial charge in [0.05, 0.1) is 13.0 Å². The second-order valence-corrected chi connectivity index (χ2v) is 0.865. The maximum atomic E-state index is 8.12. The van der Waals surface area contributed by atoms with Crippen LogP contribution >= 0.6 is 0 Å². The Kier molecular flexibility index (Phi) is 4.28. The number of hydrogen-bond acceptors (Lipinski definition) is 6. The SMILES string of the molecule is O[C-]1OO[C-](O)OO1.[Fe+2]. The Balaban J connectivity index is 0.000000640. The minimum atomic E-state index is -0.914. The Labute approximate surface area is 60.6 Å². The van der Waals surface area contributed by atoms with Gasteiger partial charge in [-0.05, 0) is 0 Å². The predicted molar refractivity (Wildman–Crippen MR) is 14.7 cm³/mol. The predicted octanol–water partition coefficient (Wildman–Crippen LogP) is -0.467. The fourth-order valence-corrected chi connectivity index (χ4v) is 0.170. The van der Waals surface area contributed by atoms with Crippen LogP contribution in [0.25, 0.3) is 0 Å². The topological polar surface area (TPSA) is 77.4 Å². The van der Waals surface area contributed by atoms with E-state index in [0.29, 0.717) is 0 Å². The summed E-state index contributed by atoms with van der Waals surface area (Å²) in [7, 11) is 0. The van der Waals surface area contributed by atoms with Gasteiger partial charge in [0.1, 0.15) is 0 Å². The molecule has 1 heterocycles. The average molecular weight is 178 g/mol. The van der Waals surface area contributed by atoms with Crippen LogP contribution in [0, 0.1) is 13.0 Å². The number of aliphatic hydroxyl groups excluding tert-OH is 2. The average Bonchev–Trinajstić information content (AvgIpc) is 1.77. The molecule has 0 aromatic heterocycles. The first-order valence-corrected chi connectivity index (χ1v) is 1.60. The molecule has 0 atom stereocenters. The summed E-state index contributed by atoms with van der Waals surface area (Å²) < 4.78 is 0. The van der Waals surface area contributed by atoms with E-state index < -0.39 is 13.0 Å². The van der Waals surface area contributed by atoms with E-state index in [0.717, 1.165) is 0 Å². The van der Waals surface area contributed by atoms with E-state index in [1.807, 2.05) is 0 Å². The van der Waals surface area contributed by atoms with Crippen molar-refractivity contribution >= 4 is 0 Å². The first kappa shape index (κ1) is 9.28. The molecular formula is C2H2FeO6. The second-order valence-electron chi connectivity index (χ2n) is 0.865. The van der Waals surface area contributed by atoms with Crippen LogP contribution in [0.15, 0.2) is 0 Å². The fraction of sp³-hybridized carbons (Fsp3) is 0. The minimum absolute atomic E-state index is 0.